The first-order chi connectivity index (χ1) is 10.0. The van der Waals surface area contributed by atoms with Crippen LogP contribution in [0.4, 0.5) is 0 Å². The fourth-order valence-electron chi connectivity index (χ4n) is 2.37. The molecule has 1 aliphatic rings. The summed E-state index contributed by atoms with van der Waals surface area (Å²) < 4.78 is 5.58. The van der Waals surface area contributed by atoms with Gasteiger partial charge < -0.3 is 14.4 Å². The van der Waals surface area contributed by atoms with Crippen LogP contribution in [0.3, 0.4) is 0 Å². The topological polar surface area (TPSA) is 66.6 Å². The zero-order valence-electron chi connectivity index (χ0n) is 11.9. The monoisotopic (exact) mass is 306 g/mol. The van der Waals surface area contributed by atoms with Gasteiger partial charge in [-0.3, -0.25) is 4.79 Å². The summed E-state index contributed by atoms with van der Waals surface area (Å²) in [5.74, 6) is 0.382. The molecule has 0 aliphatic carbocycles. The molecule has 0 saturated carbocycles. The second-order valence-corrected chi connectivity index (χ2v) is 6.54. The molecule has 2 aromatic rings. The number of aliphatic hydroxyl groups is 1. The number of carbonyl (C=O) groups is 1. The van der Waals surface area contributed by atoms with Crippen LogP contribution < -0.4 is 0 Å². The number of piperidine rings is 1. The highest BCUT2D eigenvalue weighted by Crippen LogP contribution is 2.25. The third kappa shape index (κ3) is 3.39. The number of hydrogen-bond donors (Lipinski definition) is 1. The average Bonchev–Trinajstić information content (AvgIpc) is 2.87. The third-order valence-corrected chi connectivity index (χ3v) is 4.60. The van der Waals surface area contributed by atoms with E-state index in [-0.39, 0.29) is 5.91 Å². The highest BCUT2D eigenvalue weighted by atomic mass is 32.2. The van der Waals surface area contributed by atoms with Crippen LogP contribution in [-0.2, 0) is 4.79 Å². The zero-order chi connectivity index (χ0) is 14.9. The van der Waals surface area contributed by atoms with Crippen molar-refractivity contribution >= 4 is 28.8 Å². The van der Waals surface area contributed by atoms with Crippen molar-refractivity contribution in [3.63, 3.8) is 0 Å². The maximum Gasteiger partial charge on any atom is 0.257 e. The lowest BCUT2D eigenvalue weighted by atomic mass is 9.94. The fourth-order valence-corrected chi connectivity index (χ4v) is 3.11. The summed E-state index contributed by atoms with van der Waals surface area (Å²) in [6, 6.07) is 7.55. The van der Waals surface area contributed by atoms with Crippen LogP contribution in [0.1, 0.15) is 19.8 Å². The van der Waals surface area contributed by atoms with Gasteiger partial charge in [0.1, 0.15) is 5.52 Å². The molecule has 6 heteroatoms. The van der Waals surface area contributed by atoms with E-state index in [1.165, 1.54) is 11.8 Å². The normalized spacial score (nSPS) is 18.1. The van der Waals surface area contributed by atoms with Gasteiger partial charge >= 0.3 is 0 Å². The Morgan fingerprint density at radius 1 is 1.43 bits per heavy atom. The Morgan fingerprint density at radius 2 is 2.14 bits per heavy atom. The molecule has 1 fully saturated rings. The summed E-state index contributed by atoms with van der Waals surface area (Å²) in [4.78, 5) is 18.3. The van der Waals surface area contributed by atoms with Gasteiger partial charge in [-0.25, -0.2) is 4.98 Å². The van der Waals surface area contributed by atoms with Crippen molar-refractivity contribution in [1.29, 1.82) is 0 Å². The Bertz CT molecular complexity index is 610. The molecule has 0 radical (unpaired) electrons. The maximum atomic E-state index is 12.2. The molecular weight excluding hydrogens is 288 g/mol. The Labute approximate surface area is 127 Å². The maximum absolute atomic E-state index is 12.2. The van der Waals surface area contributed by atoms with Gasteiger partial charge in [0, 0.05) is 13.1 Å². The number of benzene rings is 1. The van der Waals surface area contributed by atoms with Crippen LogP contribution in [0.15, 0.2) is 33.9 Å². The molecule has 1 N–H and O–H groups in total. The molecule has 1 saturated heterocycles. The van der Waals surface area contributed by atoms with Crippen LogP contribution in [0.5, 0.6) is 0 Å². The van der Waals surface area contributed by atoms with Gasteiger partial charge in [-0.2, -0.15) is 0 Å². The van der Waals surface area contributed by atoms with E-state index in [4.69, 9.17) is 4.42 Å². The van der Waals surface area contributed by atoms with Crippen molar-refractivity contribution in [1.82, 2.24) is 9.88 Å². The number of oxazole rings is 1. The van der Waals surface area contributed by atoms with Gasteiger partial charge in [-0.15, -0.1) is 0 Å². The molecule has 1 aromatic heterocycles. The number of aromatic nitrogens is 1. The van der Waals surface area contributed by atoms with Gasteiger partial charge in [0.05, 0.1) is 11.4 Å². The van der Waals surface area contributed by atoms with Crippen LogP contribution in [0.25, 0.3) is 11.1 Å². The first-order valence-electron chi connectivity index (χ1n) is 7.02. The average molecular weight is 306 g/mol. The van der Waals surface area contributed by atoms with Crippen molar-refractivity contribution in [3.05, 3.63) is 24.3 Å². The van der Waals surface area contributed by atoms with E-state index in [1.807, 2.05) is 31.2 Å². The van der Waals surface area contributed by atoms with Crippen molar-refractivity contribution in [3.8, 4) is 0 Å². The minimum Gasteiger partial charge on any atom is -0.431 e. The predicted octanol–water partition coefficient (Wildman–Crippen LogP) is 2.29. The molecule has 1 amide bonds. The van der Waals surface area contributed by atoms with E-state index in [0.717, 1.165) is 11.1 Å². The molecule has 21 heavy (non-hydrogen) atoms. The Kier molecular flexibility index (Phi) is 3.91. The Morgan fingerprint density at radius 3 is 2.86 bits per heavy atom. The second kappa shape index (κ2) is 5.69. The molecule has 0 atom stereocenters. The molecule has 2 heterocycles. The van der Waals surface area contributed by atoms with E-state index < -0.39 is 5.60 Å². The molecule has 0 spiro atoms. The number of thioether (sulfide) groups is 1. The largest absolute Gasteiger partial charge is 0.431 e. The van der Waals surface area contributed by atoms with Crippen molar-refractivity contribution < 1.29 is 14.3 Å². The van der Waals surface area contributed by atoms with Crippen molar-refractivity contribution in [2.75, 3.05) is 18.8 Å². The van der Waals surface area contributed by atoms with Gasteiger partial charge in [0.2, 0.25) is 5.91 Å². The quantitative estimate of drug-likeness (QED) is 0.881. The summed E-state index contributed by atoms with van der Waals surface area (Å²) in [7, 11) is 0. The van der Waals surface area contributed by atoms with Crippen LogP contribution in [0, 0.1) is 0 Å². The third-order valence-electron chi connectivity index (χ3n) is 3.79. The first kappa shape index (κ1) is 14.4. The highest BCUT2D eigenvalue weighted by molar-refractivity contribution is 7.99. The van der Waals surface area contributed by atoms with E-state index in [0.29, 0.717) is 36.9 Å². The minimum atomic E-state index is -0.635. The Balaban J connectivity index is 1.56. The highest BCUT2D eigenvalue weighted by Gasteiger charge is 2.29. The molecule has 5 nitrogen and oxygen atoms in total. The predicted molar refractivity (Wildman–Crippen MR) is 81.2 cm³/mol. The van der Waals surface area contributed by atoms with Gasteiger partial charge in [0.15, 0.2) is 5.58 Å². The van der Waals surface area contributed by atoms with Crippen LogP contribution >= 0.6 is 11.8 Å². The first-order valence-corrected chi connectivity index (χ1v) is 8.01. The molecular formula is C15H18N2O3S. The van der Waals surface area contributed by atoms with E-state index >= 15 is 0 Å². The van der Waals surface area contributed by atoms with Gasteiger partial charge in [-0.05, 0) is 31.9 Å². The molecule has 3 rings (SSSR count). The smallest absolute Gasteiger partial charge is 0.257 e. The van der Waals surface area contributed by atoms with Gasteiger partial charge in [-0.1, -0.05) is 23.9 Å². The number of carbonyl (C=O) groups excluding carboxylic acids is 1. The lowest BCUT2D eigenvalue weighted by molar-refractivity contribution is -0.132. The number of nitrogens with zero attached hydrogens (tertiary/aromatic N) is 2. The lowest BCUT2D eigenvalue weighted by Gasteiger charge is -2.35. The van der Waals surface area contributed by atoms with Crippen molar-refractivity contribution in [2.24, 2.45) is 0 Å². The number of fused-ring (bicyclic) bond motifs is 1. The number of likely N-dealkylation sites (tertiary alicyclic amines) is 1. The summed E-state index contributed by atoms with van der Waals surface area (Å²) in [5.41, 5.74) is 0.910. The molecule has 1 aromatic carbocycles. The standard InChI is InChI=1S/C15H18N2O3S/c1-15(19)6-8-17(9-7-15)13(18)10-21-14-16-11-4-2-3-5-12(11)20-14/h2-5,19H,6-10H2,1H3. The Hall–Kier alpha value is -1.53. The number of hydrogen-bond acceptors (Lipinski definition) is 5. The molecule has 112 valence electrons. The van der Waals surface area contributed by atoms with Crippen molar-refractivity contribution in [2.45, 2.75) is 30.6 Å². The summed E-state index contributed by atoms with van der Waals surface area (Å²) in [6.07, 6.45) is 1.26. The minimum absolute atomic E-state index is 0.0674. The van der Waals surface area contributed by atoms with Crippen LogP contribution in [-0.4, -0.2) is 45.3 Å². The summed E-state index contributed by atoms with van der Waals surface area (Å²) >= 11 is 1.32. The number of rotatable bonds is 3. The summed E-state index contributed by atoms with van der Waals surface area (Å²) in [5, 5.41) is 10.4. The fraction of sp³-hybridized carbons (Fsp3) is 0.467. The van der Waals surface area contributed by atoms with E-state index in [2.05, 4.69) is 4.98 Å². The van der Waals surface area contributed by atoms with E-state index in [1.54, 1.807) is 4.90 Å². The number of amides is 1. The number of para-hydroxylation sites is 2. The molecule has 1 aliphatic heterocycles. The van der Waals surface area contributed by atoms with Crippen LogP contribution in [0.2, 0.25) is 0 Å². The second-order valence-electron chi connectivity index (χ2n) is 5.61. The molecule has 0 bridgehead atoms. The SMILES string of the molecule is CC1(O)CCN(C(=O)CSc2nc3ccccc3o2)CC1. The lowest BCUT2D eigenvalue weighted by Crippen LogP contribution is -2.45. The molecule has 0 unspecified atom stereocenters. The van der Waals surface area contributed by atoms with Gasteiger partial charge in [0.25, 0.3) is 5.22 Å². The van der Waals surface area contributed by atoms with E-state index in [9.17, 15) is 9.90 Å². The summed E-state index contributed by atoms with van der Waals surface area (Å²) in [6.45, 7) is 3.04. The zero-order valence-corrected chi connectivity index (χ0v) is 12.7.